The molecule has 0 aliphatic rings. The zero-order chi connectivity index (χ0) is 17.5. The van der Waals surface area contributed by atoms with Gasteiger partial charge in [0, 0.05) is 16.6 Å². The van der Waals surface area contributed by atoms with Gasteiger partial charge in [0.05, 0.1) is 11.6 Å². The molecule has 0 heterocycles. The van der Waals surface area contributed by atoms with Crippen LogP contribution in [0.15, 0.2) is 57.0 Å². The van der Waals surface area contributed by atoms with Crippen molar-refractivity contribution in [3.8, 4) is 11.8 Å². The highest BCUT2D eigenvalue weighted by molar-refractivity contribution is 9.11. The van der Waals surface area contributed by atoms with E-state index in [1.165, 1.54) is 13.2 Å². The molecule has 4 nitrogen and oxygen atoms in total. The first-order valence-corrected chi connectivity index (χ1v) is 8.60. The van der Waals surface area contributed by atoms with Crippen LogP contribution in [-0.4, -0.2) is 13.0 Å². The zero-order valence-corrected chi connectivity index (χ0v) is 16.0. The van der Waals surface area contributed by atoms with Crippen molar-refractivity contribution in [2.75, 3.05) is 7.11 Å². The molecule has 1 N–H and O–H groups in total. The molecule has 0 saturated carbocycles. The Morgan fingerprint density at radius 3 is 2.62 bits per heavy atom. The van der Waals surface area contributed by atoms with E-state index in [-0.39, 0.29) is 5.57 Å². The van der Waals surface area contributed by atoms with Crippen molar-refractivity contribution in [1.29, 1.82) is 5.26 Å². The van der Waals surface area contributed by atoms with Crippen LogP contribution in [0.2, 0.25) is 0 Å². The van der Waals surface area contributed by atoms with E-state index in [2.05, 4.69) is 37.2 Å². The van der Waals surface area contributed by atoms with Crippen LogP contribution < -0.4 is 10.1 Å². The van der Waals surface area contributed by atoms with Crippen LogP contribution >= 0.6 is 31.9 Å². The van der Waals surface area contributed by atoms with E-state index in [1.807, 2.05) is 42.5 Å². The minimum absolute atomic E-state index is 0.00855. The summed E-state index contributed by atoms with van der Waals surface area (Å²) in [5.41, 5.74) is 1.60. The van der Waals surface area contributed by atoms with Gasteiger partial charge in [0.15, 0.2) is 0 Å². The number of nitriles is 1. The van der Waals surface area contributed by atoms with Crippen LogP contribution in [0, 0.1) is 11.3 Å². The largest absolute Gasteiger partial charge is 0.495 e. The highest BCUT2D eigenvalue weighted by Crippen LogP contribution is 2.34. The Balaban J connectivity index is 2.23. The number of carbonyl (C=O) groups excluding carboxylic acids is 1. The summed E-state index contributed by atoms with van der Waals surface area (Å²) in [5, 5.41) is 12.1. The molecule has 0 bridgehead atoms. The number of nitrogens with zero attached hydrogens (tertiary/aromatic N) is 1. The second-order valence-corrected chi connectivity index (χ2v) is 6.62. The molecule has 24 heavy (non-hydrogen) atoms. The summed E-state index contributed by atoms with van der Waals surface area (Å²) < 4.78 is 6.87. The fraction of sp³-hybridized carbons (Fsp3) is 0.111. The van der Waals surface area contributed by atoms with Gasteiger partial charge in [0.25, 0.3) is 5.91 Å². The van der Waals surface area contributed by atoms with Crippen molar-refractivity contribution >= 4 is 43.8 Å². The molecule has 122 valence electrons. The van der Waals surface area contributed by atoms with Gasteiger partial charge in [0.2, 0.25) is 0 Å². The summed E-state index contributed by atoms with van der Waals surface area (Å²) >= 11 is 6.79. The third-order valence-electron chi connectivity index (χ3n) is 3.20. The maximum absolute atomic E-state index is 12.3. The number of rotatable bonds is 5. The van der Waals surface area contributed by atoms with Gasteiger partial charge in [0.1, 0.15) is 17.4 Å². The van der Waals surface area contributed by atoms with Crippen molar-refractivity contribution in [3.63, 3.8) is 0 Å². The van der Waals surface area contributed by atoms with Gasteiger partial charge in [-0.15, -0.1) is 0 Å². The van der Waals surface area contributed by atoms with E-state index in [1.54, 1.807) is 6.07 Å². The van der Waals surface area contributed by atoms with Crippen LogP contribution in [0.5, 0.6) is 5.75 Å². The zero-order valence-electron chi connectivity index (χ0n) is 12.8. The smallest absolute Gasteiger partial charge is 0.262 e. The highest BCUT2D eigenvalue weighted by Gasteiger charge is 2.13. The van der Waals surface area contributed by atoms with Crippen LogP contribution in [0.25, 0.3) is 6.08 Å². The number of amides is 1. The Bertz CT molecular complexity index is 812. The third-order valence-corrected chi connectivity index (χ3v) is 4.25. The molecule has 0 aliphatic heterocycles. The summed E-state index contributed by atoms with van der Waals surface area (Å²) in [7, 11) is 1.53. The Morgan fingerprint density at radius 1 is 1.29 bits per heavy atom. The van der Waals surface area contributed by atoms with E-state index in [9.17, 15) is 10.1 Å². The number of methoxy groups -OCH3 is 1. The number of ether oxygens (including phenoxy) is 1. The van der Waals surface area contributed by atoms with Gasteiger partial charge in [-0.05, 0) is 39.7 Å². The first-order valence-electron chi connectivity index (χ1n) is 7.02. The van der Waals surface area contributed by atoms with Gasteiger partial charge >= 0.3 is 0 Å². The van der Waals surface area contributed by atoms with Crippen molar-refractivity contribution in [1.82, 2.24) is 5.32 Å². The van der Waals surface area contributed by atoms with E-state index in [0.717, 1.165) is 14.5 Å². The molecule has 0 unspecified atom stereocenters. The van der Waals surface area contributed by atoms with Crippen molar-refractivity contribution in [2.24, 2.45) is 0 Å². The molecular weight excluding hydrogens is 436 g/mol. The average molecular weight is 450 g/mol. The fourth-order valence-electron chi connectivity index (χ4n) is 2.08. The lowest BCUT2D eigenvalue weighted by molar-refractivity contribution is -0.117. The first kappa shape index (κ1) is 18.2. The van der Waals surface area contributed by atoms with Gasteiger partial charge in [-0.25, -0.2) is 0 Å². The lowest BCUT2D eigenvalue weighted by atomic mass is 10.1. The van der Waals surface area contributed by atoms with E-state index >= 15 is 0 Å². The quantitative estimate of drug-likeness (QED) is 0.542. The molecule has 0 radical (unpaired) electrons. The van der Waals surface area contributed by atoms with Gasteiger partial charge < -0.3 is 10.1 Å². The summed E-state index contributed by atoms with van der Waals surface area (Å²) in [5.74, 6) is 0.126. The van der Waals surface area contributed by atoms with E-state index in [4.69, 9.17) is 4.74 Å². The number of hydrogen-bond acceptors (Lipinski definition) is 3. The topological polar surface area (TPSA) is 62.1 Å². The number of halogens is 2. The molecule has 0 saturated heterocycles. The minimum atomic E-state index is -0.431. The number of nitrogens with one attached hydrogen (secondary N) is 1. The molecule has 0 fully saturated rings. The number of carbonyl (C=O) groups is 1. The average Bonchev–Trinajstić information content (AvgIpc) is 2.58. The fourth-order valence-corrected chi connectivity index (χ4v) is 3.50. The first-order chi connectivity index (χ1) is 11.5. The van der Waals surface area contributed by atoms with Crippen molar-refractivity contribution in [2.45, 2.75) is 6.54 Å². The second-order valence-electron chi connectivity index (χ2n) is 4.85. The van der Waals surface area contributed by atoms with Crippen LogP contribution in [0.1, 0.15) is 11.1 Å². The minimum Gasteiger partial charge on any atom is -0.495 e. The normalized spacial score (nSPS) is 10.8. The lowest BCUT2D eigenvalue weighted by Crippen LogP contribution is -2.23. The van der Waals surface area contributed by atoms with Crippen molar-refractivity contribution in [3.05, 3.63) is 68.1 Å². The summed E-state index contributed by atoms with van der Waals surface area (Å²) in [6.07, 6.45) is 1.51. The van der Waals surface area contributed by atoms with Gasteiger partial charge in [-0.3, -0.25) is 4.79 Å². The van der Waals surface area contributed by atoms with E-state index in [0.29, 0.717) is 17.9 Å². The molecule has 0 aromatic heterocycles. The number of hydrogen-bond donors (Lipinski definition) is 1. The molecule has 2 aromatic rings. The molecule has 1 amide bonds. The maximum atomic E-state index is 12.3. The summed E-state index contributed by atoms with van der Waals surface area (Å²) in [6.45, 7) is 0.359. The molecule has 0 atom stereocenters. The molecule has 2 rings (SSSR count). The lowest BCUT2D eigenvalue weighted by Gasteiger charge is -2.09. The van der Waals surface area contributed by atoms with Crippen LogP contribution in [0.4, 0.5) is 0 Å². The van der Waals surface area contributed by atoms with Crippen LogP contribution in [0.3, 0.4) is 0 Å². The highest BCUT2D eigenvalue weighted by atomic mass is 79.9. The number of benzene rings is 2. The Morgan fingerprint density at radius 2 is 2.00 bits per heavy atom. The monoisotopic (exact) mass is 448 g/mol. The second kappa shape index (κ2) is 8.67. The predicted molar refractivity (Wildman–Crippen MR) is 100 cm³/mol. The predicted octanol–water partition coefficient (Wildman–Crippen LogP) is 4.44. The molecular formula is C18H14Br2N2O2. The Hall–Kier alpha value is -2.10. The Kier molecular flexibility index (Phi) is 6.59. The summed E-state index contributed by atoms with van der Waals surface area (Å²) in [4.78, 5) is 12.3. The van der Waals surface area contributed by atoms with Crippen molar-refractivity contribution < 1.29 is 9.53 Å². The molecule has 6 heteroatoms. The third kappa shape index (κ3) is 4.70. The maximum Gasteiger partial charge on any atom is 0.262 e. The Labute approximate surface area is 157 Å². The van der Waals surface area contributed by atoms with Gasteiger partial charge in [-0.2, -0.15) is 5.26 Å². The van der Waals surface area contributed by atoms with Crippen LogP contribution in [-0.2, 0) is 11.3 Å². The molecule has 0 aliphatic carbocycles. The summed E-state index contributed by atoms with van der Waals surface area (Å²) in [6, 6.07) is 15.1. The SMILES string of the molecule is COc1c(Br)cc(Br)cc1/C=C(\C#N)C(=O)NCc1ccccc1. The van der Waals surface area contributed by atoms with Gasteiger partial charge in [-0.1, -0.05) is 46.3 Å². The standard InChI is InChI=1S/C18H14Br2N2O2/c1-24-17-13(8-15(19)9-16(17)20)7-14(10-21)18(23)22-11-12-5-3-2-4-6-12/h2-9H,11H2,1H3,(H,22,23)/b14-7+. The molecule has 2 aromatic carbocycles. The van der Waals surface area contributed by atoms with E-state index < -0.39 is 5.91 Å². The molecule has 0 spiro atoms.